The molecule has 0 aliphatic rings. The molecule has 0 spiro atoms. The van der Waals surface area contributed by atoms with Crippen molar-refractivity contribution in [3.8, 4) is 0 Å². The van der Waals surface area contributed by atoms with Gasteiger partial charge in [-0.05, 0) is 19.2 Å². The molecule has 1 unspecified atom stereocenters. The number of nitrogens with one attached hydrogen (secondary N) is 2. The van der Waals surface area contributed by atoms with E-state index in [1.54, 1.807) is 18.8 Å². The molecule has 6 heteroatoms. The van der Waals surface area contributed by atoms with E-state index in [4.69, 9.17) is 0 Å². The van der Waals surface area contributed by atoms with Crippen LogP contribution in [0.3, 0.4) is 0 Å². The second kappa shape index (κ2) is 6.44. The first kappa shape index (κ1) is 13.8. The number of amides is 1. The number of aromatic nitrogens is 1. The fourth-order valence-electron chi connectivity index (χ4n) is 1.40. The quantitative estimate of drug-likeness (QED) is 0.843. The van der Waals surface area contributed by atoms with Gasteiger partial charge in [0.2, 0.25) is 0 Å². The number of rotatable bonds is 5. The number of nitrogens with zero attached hydrogens (tertiary/aromatic N) is 1. The van der Waals surface area contributed by atoms with Gasteiger partial charge in [0.1, 0.15) is 11.6 Å². The van der Waals surface area contributed by atoms with E-state index in [9.17, 15) is 9.18 Å². The number of hydrogen-bond donors (Lipinski definition) is 2. The number of pyridine rings is 1. The van der Waals surface area contributed by atoms with Crippen LogP contribution in [-0.4, -0.2) is 36.0 Å². The number of anilines is 1. The summed E-state index contributed by atoms with van der Waals surface area (Å²) in [4.78, 5) is 15.7. The van der Waals surface area contributed by atoms with Crippen LogP contribution in [0.15, 0.2) is 12.3 Å². The zero-order valence-corrected chi connectivity index (χ0v) is 10.9. The van der Waals surface area contributed by atoms with Crippen molar-refractivity contribution >= 4 is 23.5 Å². The first-order valence-corrected chi connectivity index (χ1v) is 6.61. The predicted octanol–water partition coefficient (Wildman–Crippen LogP) is 1.74. The molecule has 94 valence electrons. The second-order valence-corrected chi connectivity index (χ2v) is 4.54. The standard InChI is InChI=1S/C11H16FN3OS/c1-7(6-17-3)15-11(16)9-4-8(12)5-14-10(9)13-2/h4-5,7H,6H2,1-3H3,(H,13,14)(H,15,16). The van der Waals surface area contributed by atoms with Gasteiger partial charge >= 0.3 is 0 Å². The van der Waals surface area contributed by atoms with Gasteiger partial charge < -0.3 is 10.6 Å². The van der Waals surface area contributed by atoms with Crippen LogP contribution < -0.4 is 10.6 Å². The molecule has 0 aliphatic heterocycles. The molecule has 1 aromatic rings. The summed E-state index contributed by atoms with van der Waals surface area (Å²) < 4.78 is 13.1. The second-order valence-electron chi connectivity index (χ2n) is 3.63. The van der Waals surface area contributed by atoms with Gasteiger partial charge in [-0.1, -0.05) is 0 Å². The highest BCUT2D eigenvalue weighted by atomic mass is 32.2. The minimum absolute atomic E-state index is 0.0328. The smallest absolute Gasteiger partial charge is 0.255 e. The van der Waals surface area contributed by atoms with Crippen molar-refractivity contribution in [3.05, 3.63) is 23.6 Å². The van der Waals surface area contributed by atoms with Gasteiger partial charge in [-0.25, -0.2) is 9.37 Å². The van der Waals surface area contributed by atoms with E-state index in [0.717, 1.165) is 11.9 Å². The highest BCUT2D eigenvalue weighted by Gasteiger charge is 2.15. The van der Waals surface area contributed by atoms with Crippen molar-refractivity contribution in [2.24, 2.45) is 0 Å². The van der Waals surface area contributed by atoms with E-state index in [1.807, 2.05) is 13.2 Å². The Bertz CT molecular complexity index is 400. The summed E-state index contributed by atoms with van der Waals surface area (Å²) >= 11 is 1.64. The molecule has 0 saturated carbocycles. The van der Waals surface area contributed by atoms with E-state index in [2.05, 4.69) is 15.6 Å². The van der Waals surface area contributed by atoms with Gasteiger partial charge in [0, 0.05) is 18.8 Å². The molecule has 1 heterocycles. The van der Waals surface area contributed by atoms with E-state index < -0.39 is 5.82 Å². The van der Waals surface area contributed by atoms with Gasteiger partial charge in [0.15, 0.2) is 0 Å². The summed E-state index contributed by atoms with van der Waals surface area (Å²) in [6, 6.07) is 1.21. The predicted molar refractivity (Wildman–Crippen MR) is 69.1 cm³/mol. The van der Waals surface area contributed by atoms with Gasteiger partial charge in [-0.2, -0.15) is 11.8 Å². The minimum Gasteiger partial charge on any atom is -0.372 e. The van der Waals surface area contributed by atoms with Crippen LogP contribution in [0.1, 0.15) is 17.3 Å². The Hall–Kier alpha value is -1.30. The van der Waals surface area contributed by atoms with E-state index in [0.29, 0.717) is 5.82 Å². The van der Waals surface area contributed by atoms with E-state index in [-0.39, 0.29) is 17.5 Å². The Morgan fingerprint density at radius 1 is 1.65 bits per heavy atom. The van der Waals surface area contributed by atoms with Gasteiger partial charge in [0.05, 0.1) is 11.8 Å². The SMILES string of the molecule is CNc1ncc(F)cc1C(=O)NC(C)CSC. The average molecular weight is 257 g/mol. The van der Waals surface area contributed by atoms with Gasteiger partial charge in [0.25, 0.3) is 5.91 Å². The molecule has 1 rings (SSSR count). The molecule has 1 aromatic heterocycles. The fourth-order valence-corrected chi connectivity index (χ4v) is 1.99. The molecule has 1 atom stereocenters. The molecular formula is C11H16FN3OS. The van der Waals surface area contributed by atoms with Crippen molar-refractivity contribution in [1.82, 2.24) is 10.3 Å². The first-order chi connectivity index (χ1) is 8.08. The lowest BCUT2D eigenvalue weighted by Crippen LogP contribution is -2.34. The van der Waals surface area contributed by atoms with Crippen LogP contribution in [0.25, 0.3) is 0 Å². The molecule has 2 N–H and O–H groups in total. The maximum Gasteiger partial charge on any atom is 0.255 e. The lowest BCUT2D eigenvalue weighted by Gasteiger charge is -2.14. The molecule has 0 aromatic carbocycles. The minimum atomic E-state index is -0.522. The summed E-state index contributed by atoms with van der Waals surface area (Å²) in [6.45, 7) is 1.90. The van der Waals surface area contributed by atoms with Crippen molar-refractivity contribution in [2.75, 3.05) is 24.4 Å². The Labute approximate surface area is 104 Å². The van der Waals surface area contributed by atoms with Gasteiger partial charge in [-0.15, -0.1) is 0 Å². The third-order valence-electron chi connectivity index (χ3n) is 2.13. The lowest BCUT2D eigenvalue weighted by molar-refractivity contribution is 0.0944. The zero-order chi connectivity index (χ0) is 12.8. The highest BCUT2D eigenvalue weighted by molar-refractivity contribution is 7.98. The maximum atomic E-state index is 13.1. The van der Waals surface area contributed by atoms with Crippen molar-refractivity contribution in [1.29, 1.82) is 0 Å². The van der Waals surface area contributed by atoms with Crippen LogP contribution in [0.2, 0.25) is 0 Å². The third-order valence-corrected chi connectivity index (χ3v) is 2.96. The molecule has 17 heavy (non-hydrogen) atoms. The van der Waals surface area contributed by atoms with Crippen molar-refractivity contribution < 1.29 is 9.18 Å². The summed E-state index contributed by atoms with van der Waals surface area (Å²) in [7, 11) is 1.64. The number of carbonyl (C=O) groups excluding carboxylic acids is 1. The van der Waals surface area contributed by atoms with Crippen LogP contribution in [0.5, 0.6) is 0 Å². The summed E-state index contributed by atoms with van der Waals surface area (Å²) in [5.41, 5.74) is 0.223. The summed E-state index contributed by atoms with van der Waals surface area (Å²) in [5, 5.41) is 5.56. The van der Waals surface area contributed by atoms with Crippen molar-refractivity contribution in [2.45, 2.75) is 13.0 Å². The van der Waals surface area contributed by atoms with Gasteiger partial charge in [-0.3, -0.25) is 4.79 Å². The lowest BCUT2D eigenvalue weighted by atomic mass is 10.2. The summed E-state index contributed by atoms with van der Waals surface area (Å²) in [5.74, 6) is 0.346. The highest BCUT2D eigenvalue weighted by Crippen LogP contribution is 2.13. The Morgan fingerprint density at radius 3 is 2.94 bits per heavy atom. The maximum absolute atomic E-state index is 13.1. The van der Waals surface area contributed by atoms with Crippen molar-refractivity contribution in [3.63, 3.8) is 0 Å². The van der Waals surface area contributed by atoms with Crippen LogP contribution >= 0.6 is 11.8 Å². The molecular weight excluding hydrogens is 241 g/mol. The van der Waals surface area contributed by atoms with Crippen LogP contribution in [0.4, 0.5) is 10.2 Å². The normalized spacial score (nSPS) is 12.0. The molecule has 0 bridgehead atoms. The number of halogens is 1. The van der Waals surface area contributed by atoms with E-state index in [1.165, 1.54) is 6.07 Å². The molecule has 0 fully saturated rings. The monoisotopic (exact) mass is 257 g/mol. The molecule has 0 saturated heterocycles. The molecule has 0 aliphatic carbocycles. The number of carbonyl (C=O) groups is 1. The largest absolute Gasteiger partial charge is 0.372 e. The van der Waals surface area contributed by atoms with E-state index >= 15 is 0 Å². The zero-order valence-electron chi connectivity index (χ0n) is 10.1. The molecule has 4 nitrogen and oxygen atoms in total. The summed E-state index contributed by atoms with van der Waals surface area (Å²) in [6.07, 6.45) is 3.04. The number of thioether (sulfide) groups is 1. The Balaban J connectivity index is 2.83. The molecule has 1 amide bonds. The first-order valence-electron chi connectivity index (χ1n) is 5.21. The fraction of sp³-hybridized carbons (Fsp3) is 0.455. The Kier molecular flexibility index (Phi) is 5.21. The topological polar surface area (TPSA) is 54.0 Å². The average Bonchev–Trinajstić information content (AvgIpc) is 2.29. The van der Waals surface area contributed by atoms with Crippen LogP contribution in [-0.2, 0) is 0 Å². The Morgan fingerprint density at radius 2 is 2.35 bits per heavy atom. The third kappa shape index (κ3) is 3.89. The number of hydrogen-bond acceptors (Lipinski definition) is 4. The molecule has 0 radical (unpaired) electrons. The van der Waals surface area contributed by atoms with Crippen LogP contribution in [0, 0.1) is 5.82 Å².